The second-order valence-corrected chi connectivity index (χ2v) is 8.84. The average molecular weight is 426 g/mol. The Morgan fingerprint density at radius 1 is 1.27 bits per heavy atom. The number of ether oxygens (including phenoxy) is 1. The summed E-state index contributed by atoms with van der Waals surface area (Å²) in [6, 6.07) is 5.61. The number of nitriles is 1. The van der Waals surface area contributed by atoms with E-state index in [1.54, 1.807) is 13.0 Å². The van der Waals surface area contributed by atoms with Gasteiger partial charge in [0, 0.05) is 6.07 Å². The van der Waals surface area contributed by atoms with Crippen molar-refractivity contribution in [2.24, 2.45) is 5.92 Å². The molecule has 0 N–H and O–H groups in total. The Balaban J connectivity index is 3.25. The molecule has 0 saturated carbocycles. The van der Waals surface area contributed by atoms with Crippen molar-refractivity contribution >= 4 is 31.8 Å². The zero-order chi connectivity index (χ0) is 20.0. The first kappa shape index (κ1) is 22.7. The van der Waals surface area contributed by atoms with Crippen LogP contribution in [0, 0.1) is 24.2 Å². The van der Waals surface area contributed by atoms with Crippen LogP contribution in [0.4, 0.5) is 0 Å². The molecule has 1 aromatic rings. The maximum absolute atomic E-state index is 12.5. The van der Waals surface area contributed by atoms with Crippen LogP contribution in [-0.4, -0.2) is 41.4 Å². The Bertz CT molecular complexity index is 862. The first-order valence-corrected chi connectivity index (χ1v) is 11.0. The lowest BCUT2D eigenvalue weighted by molar-refractivity contribution is 0.213. The van der Waals surface area contributed by atoms with E-state index in [0.29, 0.717) is 5.56 Å². The van der Waals surface area contributed by atoms with Crippen LogP contribution in [0.1, 0.15) is 19.4 Å². The summed E-state index contributed by atoms with van der Waals surface area (Å²) in [5.41, 5.74) is -1.33. The molecule has 0 amide bonds. The maximum Gasteiger partial charge on any atom is 0.298 e. The molecule has 26 heavy (non-hydrogen) atoms. The normalized spacial score (nSPS) is 14.4. The predicted octanol–water partition coefficient (Wildman–Crippen LogP) is 2.17. The smallest absolute Gasteiger partial charge is 0.298 e. The van der Waals surface area contributed by atoms with Crippen molar-refractivity contribution in [3.8, 4) is 11.8 Å². The van der Waals surface area contributed by atoms with Crippen LogP contribution in [0.3, 0.4) is 0 Å². The van der Waals surface area contributed by atoms with Gasteiger partial charge < -0.3 is 4.74 Å². The van der Waals surface area contributed by atoms with Gasteiger partial charge in [0.2, 0.25) is 5.44 Å². The van der Waals surface area contributed by atoms with Gasteiger partial charge in [-0.05, 0) is 32.4 Å². The third-order valence-corrected chi connectivity index (χ3v) is 6.39. The zero-order valence-corrected chi connectivity index (χ0v) is 16.9. The van der Waals surface area contributed by atoms with E-state index in [0.717, 1.165) is 0 Å². The van der Waals surface area contributed by atoms with Gasteiger partial charge in [-0.1, -0.05) is 6.07 Å². The van der Waals surface area contributed by atoms with E-state index in [2.05, 4.69) is 4.18 Å². The SMILES string of the molecule is CCOS(=O)(=O)C(OS(=O)(=O)c1ccc(C)c(OCCCl)c1)C(C)C#N. The third-order valence-electron chi connectivity index (χ3n) is 3.18. The Kier molecular flexibility index (Phi) is 8.30. The molecule has 11 heteroatoms. The minimum absolute atomic E-state index is 0.166. The molecule has 0 radical (unpaired) electrons. The van der Waals surface area contributed by atoms with Gasteiger partial charge in [0.05, 0.1) is 29.4 Å². The van der Waals surface area contributed by atoms with Crippen molar-refractivity contribution in [2.45, 2.75) is 31.1 Å². The number of hydrogen-bond acceptors (Lipinski definition) is 8. The highest BCUT2D eigenvalue weighted by molar-refractivity contribution is 7.90. The first-order chi connectivity index (χ1) is 12.1. The number of rotatable bonds is 10. The van der Waals surface area contributed by atoms with Crippen molar-refractivity contribution in [3.05, 3.63) is 23.8 Å². The maximum atomic E-state index is 12.5. The standard InChI is InChI=1S/C15H20ClNO7S2/c1-4-23-26(20,21)15(12(3)10-17)24-25(18,19)13-6-5-11(2)14(9-13)22-8-7-16/h5-6,9,12,15H,4,7-8H2,1-3H3. The molecule has 0 aromatic heterocycles. The molecule has 146 valence electrons. The summed E-state index contributed by atoms with van der Waals surface area (Å²) in [4.78, 5) is -0.311. The number of hydrogen-bond donors (Lipinski definition) is 0. The van der Waals surface area contributed by atoms with E-state index < -0.39 is 31.6 Å². The Labute approximate surface area is 158 Å². The molecule has 1 aromatic carbocycles. The largest absolute Gasteiger partial charge is 0.492 e. The van der Waals surface area contributed by atoms with E-state index in [4.69, 9.17) is 25.8 Å². The monoisotopic (exact) mass is 425 g/mol. The summed E-state index contributed by atoms with van der Waals surface area (Å²) in [5, 5.41) is 9.00. The van der Waals surface area contributed by atoms with Crippen molar-refractivity contribution in [2.75, 3.05) is 19.1 Å². The van der Waals surface area contributed by atoms with Crippen LogP contribution >= 0.6 is 11.6 Å². The lowest BCUT2D eigenvalue weighted by Gasteiger charge is -2.19. The second kappa shape index (κ2) is 9.53. The Morgan fingerprint density at radius 2 is 1.92 bits per heavy atom. The number of halogens is 1. The Morgan fingerprint density at radius 3 is 2.46 bits per heavy atom. The van der Waals surface area contributed by atoms with E-state index in [-0.39, 0.29) is 29.7 Å². The van der Waals surface area contributed by atoms with Gasteiger partial charge in [-0.3, -0.25) is 4.18 Å². The van der Waals surface area contributed by atoms with Gasteiger partial charge in [-0.25, -0.2) is 4.18 Å². The molecular weight excluding hydrogens is 406 g/mol. The van der Waals surface area contributed by atoms with Gasteiger partial charge >= 0.3 is 0 Å². The van der Waals surface area contributed by atoms with Crippen LogP contribution in [0.15, 0.2) is 23.1 Å². The molecule has 0 aliphatic heterocycles. The molecule has 0 aliphatic carbocycles. The highest BCUT2D eigenvalue weighted by atomic mass is 35.5. The molecule has 2 atom stereocenters. The van der Waals surface area contributed by atoms with Crippen molar-refractivity contribution in [1.29, 1.82) is 5.26 Å². The summed E-state index contributed by atoms with van der Waals surface area (Å²) in [7, 11) is -8.93. The number of nitrogens with zero attached hydrogens (tertiary/aromatic N) is 1. The van der Waals surface area contributed by atoms with Crippen molar-refractivity contribution < 1.29 is 29.9 Å². The summed E-state index contributed by atoms with van der Waals surface area (Å²) in [6.07, 6.45) is 0. The fraction of sp³-hybridized carbons (Fsp3) is 0.533. The van der Waals surface area contributed by atoms with Gasteiger partial charge in [-0.15, -0.1) is 11.6 Å². The van der Waals surface area contributed by atoms with Gasteiger partial charge in [0.15, 0.2) is 0 Å². The van der Waals surface area contributed by atoms with Crippen LogP contribution in [0.25, 0.3) is 0 Å². The lowest BCUT2D eigenvalue weighted by Crippen LogP contribution is -2.34. The van der Waals surface area contributed by atoms with Crippen molar-refractivity contribution in [1.82, 2.24) is 0 Å². The van der Waals surface area contributed by atoms with Gasteiger partial charge in [0.25, 0.3) is 20.2 Å². The van der Waals surface area contributed by atoms with E-state index in [9.17, 15) is 16.8 Å². The van der Waals surface area contributed by atoms with Gasteiger partial charge in [-0.2, -0.15) is 22.1 Å². The Hall–Kier alpha value is -1.38. The first-order valence-electron chi connectivity index (χ1n) is 7.59. The fourth-order valence-corrected chi connectivity index (χ4v) is 4.70. The molecule has 0 aliphatic rings. The summed E-state index contributed by atoms with van der Waals surface area (Å²) in [5.74, 6) is -0.798. The highest BCUT2D eigenvalue weighted by Crippen LogP contribution is 2.27. The summed E-state index contributed by atoms with van der Waals surface area (Å²) >= 11 is 5.55. The van der Waals surface area contributed by atoms with Crippen LogP contribution in [0.2, 0.25) is 0 Å². The van der Waals surface area contributed by atoms with Crippen LogP contribution in [-0.2, 0) is 28.6 Å². The molecule has 0 spiro atoms. The van der Waals surface area contributed by atoms with E-state index in [1.807, 2.05) is 0 Å². The topological polar surface area (TPSA) is 120 Å². The highest BCUT2D eigenvalue weighted by Gasteiger charge is 2.38. The van der Waals surface area contributed by atoms with E-state index >= 15 is 0 Å². The second-order valence-electron chi connectivity index (χ2n) is 5.20. The van der Waals surface area contributed by atoms with E-state index in [1.165, 1.54) is 32.0 Å². The summed E-state index contributed by atoms with van der Waals surface area (Å²) in [6.45, 7) is 4.29. The third kappa shape index (κ3) is 5.82. The molecule has 0 fully saturated rings. The molecule has 8 nitrogen and oxygen atoms in total. The van der Waals surface area contributed by atoms with Crippen LogP contribution < -0.4 is 4.74 Å². The zero-order valence-electron chi connectivity index (χ0n) is 14.5. The fourth-order valence-electron chi connectivity index (χ4n) is 1.89. The minimum atomic E-state index is -4.50. The molecule has 2 unspecified atom stereocenters. The molecule has 0 bridgehead atoms. The molecule has 0 saturated heterocycles. The number of benzene rings is 1. The van der Waals surface area contributed by atoms with Crippen molar-refractivity contribution in [3.63, 3.8) is 0 Å². The predicted molar refractivity (Wildman–Crippen MR) is 94.8 cm³/mol. The lowest BCUT2D eigenvalue weighted by atomic mass is 10.2. The van der Waals surface area contributed by atoms with Crippen LogP contribution in [0.5, 0.6) is 5.75 Å². The minimum Gasteiger partial charge on any atom is -0.492 e. The van der Waals surface area contributed by atoms with Gasteiger partial charge in [0.1, 0.15) is 12.4 Å². The average Bonchev–Trinajstić information content (AvgIpc) is 2.58. The number of alkyl halides is 1. The molecule has 1 rings (SSSR count). The number of aryl methyl sites for hydroxylation is 1. The summed E-state index contributed by atoms with van der Waals surface area (Å²) < 4.78 is 64.0. The molecule has 0 heterocycles. The quantitative estimate of drug-likeness (QED) is 0.413. The molecular formula is C15H20ClNO7S2.